The molecule has 2 fully saturated rings. The van der Waals surface area contributed by atoms with Gasteiger partial charge in [0, 0.05) is 10.8 Å². The number of Topliss-reactive ketones (excluding diaryl/α,β-unsaturated/α-hetero) is 1. The van der Waals surface area contributed by atoms with Gasteiger partial charge in [-0.1, -0.05) is 47.5 Å². The van der Waals surface area contributed by atoms with E-state index < -0.39 is 11.0 Å². The van der Waals surface area contributed by atoms with E-state index in [9.17, 15) is 14.7 Å². The number of aliphatic hydroxyl groups is 1. The Labute approximate surface area is 163 Å². The summed E-state index contributed by atoms with van der Waals surface area (Å²) in [5, 5.41) is 11.5. The maximum atomic E-state index is 12.6. The third kappa shape index (κ3) is 2.15. The number of allylic oxidation sites excluding steroid dienone is 6. The Morgan fingerprint density at radius 1 is 1.35 bits per heavy atom. The number of carbonyl (C=O) groups is 2. The predicted molar refractivity (Wildman–Crippen MR) is 105 cm³/mol. The van der Waals surface area contributed by atoms with E-state index in [1.54, 1.807) is 6.08 Å². The quantitative estimate of drug-likeness (QED) is 0.540. The number of alkyl halides is 1. The molecule has 6 atom stereocenters. The van der Waals surface area contributed by atoms with E-state index in [0.29, 0.717) is 24.2 Å². The highest BCUT2D eigenvalue weighted by Gasteiger charge is 2.64. The third-order valence-corrected chi connectivity index (χ3v) is 8.52. The van der Waals surface area contributed by atoms with Gasteiger partial charge in [-0.25, -0.2) is 0 Å². The molecule has 0 saturated heterocycles. The molecule has 0 aromatic heterocycles. The zero-order valence-corrected chi connectivity index (χ0v) is 17.3. The van der Waals surface area contributed by atoms with Crippen LogP contribution in [0, 0.1) is 28.6 Å². The molecular weight excluding hydrogens is 392 g/mol. The lowest BCUT2D eigenvalue weighted by Crippen LogP contribution is -2.55. The molecule has 4 aliphatic carbocycles. The monoisotopic (exact) mass is 418 g/mol. The Kier molecular flexibility index (Phi) is 4.06. The highest BCUT2D eigenvalue weighted by atomic mass is 79.9. The molecule has 0 aromatic carbocycles. The SMILES string of the molecule is CC1C[C@@H]2C(=CC[C@@]3(C)[C@H]2CC[C@]3(O)C(=O)CBr)[C@@]2(C)C=CC(=O)C=C12. The molecule has 0 aliphatic heterocycles. The topological polar surface area (TPSA) is 54.4 Å². The van der Waals surface area contributed by atoms with Gasteiger partial charge in [0.25, 0.3) is 0 Å². The van der Waals surface area contributed by atoms with Crippen LogP contribution in [0.25, 0.3) is 0 Å². The maximum Gasteiger partial charge on any atom is 0.178 e. The summed E-state index contributed by atoms with van der Waals surface area (Å²) < 4.78 is 0. The van der Waals surface area contributed by atoms with Gasteiger partial charge in [-0.3, -0.25) is 9.59 Å². The second kappa shape index (κ2) is 5.75. The Hall–Kier alpha value is -1.00. The van der Waals surface area contributed by atoms with Gasteiger partial charge >= 0.3 is 0 Å². The Morgan fingerprint density at radius 2 is 2.08 bits per heavy atom. The summed E-state index contributed by atoms with van der Waals surface area (Å²) in [5.41, 5.74) is 0.779. The number of ketones is 2. The molecule has 3 nitrogen and oxygen atoms in total. The minimum atomic E-state index is -1.23. The summed E-state index contributed by atoms with van der Waals surface area (Å²) in [6.45, 7) is 6.55. The molecule has 0 radical (unpaired) electrons. The van der Waals surface area contributed by atoms with E-state index in [-0.39, 0.29) is 22.3 Å². The predicted octanol–water partition coefficient (Wildman–Crippen LogP) is 4.16. The summed E-state index contributed by atoms with van der Waals surface area (Å²) in [5.74, 6) is 1.00. The van der Waals surface area contributed by atoms with Crippen molar-refractivity contribution in [3.05, 3.63) is 35.5 Å². The average Bonchev–Trinajstić information content (AvgIpc) is 2.88. The zero-order valence-electron chi connectivity index (χ0n) is 15.7. The number of fused-ring (bicyclic) bond motifs is 5. The number of hydrogen-bond acceptors (Lipinski definition) is 3. The van der Waals surface area contributed by atoms with Gasteiger partial charge in [0.05, 0.1) is 5.33 Å². The molecule has 1 N–H and O–H groups in total. The van der Waals surface area contributed by atoms with Crippen LogP contribution in [0.5, 0.6) is 0 Å². The first-order valence-corrected chi connectivity index (χ1v) is 10.8. The van der Waals surface area contributed by atoms with Crippen molar-refractivity contribution < 1.29 is 14.7 Å². The molecule has 4 aliphatic rings. The smallest absolute Gasteiger partial charge is 0.178 e. The molecule has 0 amide bonds. The van der Waals surface area contributed by atoms with Crippen molar-refractivity contribution in [1.29, 1.82) is 0 Å². The molecule has 0 heterocycles. The van der Waals surface area contributed by atoms with Crippen molar-refractivity contribution in [1.82, 2.24) is 0 Å². The van der Waals surface area contributed by atoms with Crippen molar-refractivity contribution in [3.8, 4) is 0 Å². The third-order valence-electron chi connectivity index (χ3n) is 8.01. The van der Waals surface area contributed by atoms with E-state index in [2.05, 4.69) is 48.9 Å². The van der Waals surface area contributed by atoms with E-state index in [4.69, 9.17) is 0 Å². The Balaban J connectivity index is 1.80. The van der Waals surface area contributed by atoms with Crippen molar-refractivity contribution >= 4 is 27.5 Å². The summed E-state index contributed by atoms with van der Waals surface area (Å²) in [4.78, 5) is 24.5. The van der Waals surface area contributed by atoms with Crippen molar-refractivity contribution in [2.75, 3.05) is 5.33 Å². The van der Waals surface area contributed by atoms with Crippen LogP contribution in [0.1, 0.15) is 46.5 Å². The van der Waals surface area contributed by atoms with Crippen LogP contribution in [0.2, 0.25) is 0 Å². The summed E-state index contributed by atoms with van der Waals surface area (Å²) in [7, 11) is 0. The van der Waals surface area contributed by atoms with Gasteiger partial charge in [0.1, 0.15) is 5.60 Å². The van der Waals surface area contributed by atoms with Gasteiger partial charge in [-0.15, -0.1) is 0 Å². The van der Waals surface area contributed by atoms with Crippen LogP contribution in [0.3, 0.4) is 0 Å². The first-order chi connectivity index (χ1) is 12.2. The van der Waals surface area contributed by atoms with Crippen LogP contribution in [-0.2, 0) is 9.59 Å². The van der Waals surface area contributed by atoms with Gasteiger partial charge in [0.2, 0.25) is 0 Å². The number of hydrogen-bond donors (Lipinski definition) is 1. The molecule has 140 valence electrons. The maximum absolute atomic E-state index is 12.6. The zero-order chi connectivity index (χ0) is 18.9. The second-order valence-corrected chi connectivity index (χ2v) is 9.69. The van der Waals surface area contributed by atoms with Crippen LogP contribution in [0.15, 0.2) is 35.5 Å². The largest absolute Gasteiger partial charge is 0.381 e. The van der Waals surface area contributed by atoms with Crippen LogP contribution in [0.4, 0.5) is 0 Å². The first-order valence-electron chi connectivity index (χ1n) is 9.65. The van der Waals surface area contributed by atoms with Gasteiger partial charge in [-0.05, 0) is 68.1 Å². The van der Waals surface area contributed by atoms with Gasteiger partial charge < -0.3 is 5.11 Å². The van der Waals surface area contributed by atoms with Crippen LogP contribution >= 0.6 is 15.9 Å². The molecule has 0 spiro atoms. The number of halogens is 1. The molecule has 4 heteroatoms. The van der Waals surface area contributed by atoms with Crippen molar-refractivity contribution in [3.63, 3.8) is 0 Å². The van der Waals surface area contributed by atoms with Crippen molar-refractivity contribution in [2.45, 2.75) is 52.1 Å². The Bertz CT molecular complexity index is 778. The van der Waals surface area contributed by atoms with E-state index >= 15 is 0 Å². The molecular formula is C22H27BrO3. The lowest BCUT2D eigenvalue weighted by atomic mass is 9.50. The molecule has 0 bridgehead atoms. The van der Waals surface area contributed by atoms with Crippen LogP contribution < -0.4 is 0 Å². The fourth-order valence-corrected chi connectivity index (χ4v) is 6.97. The summed E-state index contributed by atoms with van der Waals surface area (Å²) in [6, 6.07) is 0. The average molecular weight is 419 g/mol. The first kappa shape index (κ1) is 18.4. The van der Waals surface area contributed by atoms with Gasteiger partial charge in [-0.2, -0.15) is 0 Å². The van der Waals surface area contributed by atoms with Gasteiger partial charge in [0.15, 0.2) is 11.6 Å². The minimum Gasteiger partial charge on any atom is -0.381 e. The van der Waals surface area contributed by atoms with Crippen LogP contribution in [-0.4, -0.2) is 27.6 Å². The molecule has 26 heavy (non-hydrogen) atoms. The Morgan fingerprint density at radius 3 is 2.77 bits per heavy atom. The van der Waals surface area contributed by atoms with E-state index in [1.807, 2.05) is 6.08 Å². The lowest BCUT2D eigenvalue weighted by Gasteiger charge is -2.55. The molecule has 1 unspecified atom stereocenters. The number of carbonyl (C=O) groups excluding carboxylic acids is 2. The fraction of sp³-hybridized carbons (Fsp3) is 0.636. The molecule has 2 saturated carbocycles. The minimum absolute atomic E-state index is 0.0850. The fourth-order valence-electron chi connectivity index (χ4n) is 6.51. The normalized spacial score (nSPS) is 46.8. The highest BCUT2D eigenvalue weighted by molar-refractivity contribution is 9.09. The van der Waals surface area contributed by atoms with E-state index in [1.165, 1.54) is 11.1 Å². The lowest BCUT2D eigenvalue weighted by molar-refractivity contribution is -0.149. The second-order valence-electron chi connectivity index (χ2n) is 9.12. The van der Waals surface area contributed by atoms with Crippen molar-refractivity contribution in [2.24, 2.45) is 28.6 Å². The summed E-state index contributed by atoms with van der Waals surface area (Å²) in [6.07, 6.45) is 11.0. The number of rotatable bonds is 2. The summed E-state index contributed by atoms with van der Waals surface area (Å²) >= 11 is 3.27. The standard InChI is InChI=1S/C22H27BrO3/c1-13-10-15-16(20(2)7-4-14(24)11-18(13)20)5-8-21(3)17(15)6-9-22(21,26)19(25)12-23/h4-5,7,11,13,15,17,26H,6,8-10,12H2,1-3H3/t13?,15-,17+,20-,21+,22+/m1/s1. The molecule has 0 aromatic rings. The molecule has 4 rings (SSSR count). The highest BCUT2D eigenvalue weighted by Crippen LogP contribution is 2.65. The van der Waals surface area contributed by atoms with E-state index in [0.717, 1.165) is 19.3 Å².